The second-order valence-corrected chi connectivity index (χ2v) is 3.74. The Hall–Kier alpha value is -1.49. The van der Waals surface area contributed by atoms with E-state index in [-0.39, 0.29) is 5.76 Å². The number of anilines is 1. The molecule has 0 saturated heterocycles. The lowest BCUT2D eigenvalue weighted by Crippen LogP contribution is -1.91. The largest absolute Gasteiger partial charge is 0.475 e. The van der Waals surface area contributed by atoms with Gasteiger partial charge in [-0.3, -0.25) is 0 Å². The molecular weight excluding hydrogens is 250 g/mol. The molecule has 0 radical (unpaired) electrons. The van der Waals surface area contributed by atoms with Gasteiger partial charge in [0.15, 0.2) is 5.58 Å². The van der Waals surface area contributed by atoms with Gasteiger partial charge in [0.25, 0.3) is 0 Å². The Bertz CT molecular complexity index is 518. The van der Waals surface area contributed by atoms with Crippen LogP contribution in [0.25, 0.3) is 11.0 Å². The molecule has 0 saturated carbocycles. The van der Waals surface area contributed by atoms with E-state index in [4.69, 9.17) is 15.3 Å². The molecule has 3 N–H and O–H groups in total. The van der Waals surface area contributed by atoms with E-state index >= 15 is 0 Å². The lowest BCUT2D eigenvalue weighted by Gasteiger charge is -1.95. The van der Waals surface area contributed by atoms with Crippen LogP contribution in [0.3, 0.4) is 0 Å². The molecule has 0 amide bonds. The maximum absolute atomic E-state index is 10.6. The van der Waals surface area contributed by atoms with Gasteiger partial charge in [0, 0.05) is 9.86 Å². The lowest BCUT2D eigenvalue weighted by atomic mass is 10.2. The summed E-state index contributed by atoms with van der Waals surface area (Å²) in [5.74, 6) is -1.21. The minimum absolute atomic E-state index is 0.107. The van der Waals surface area contributed by atoms with Crippen molar-refractivity contribution >= 4 is 38.6 Å². The predicted octanol–water partition coefficient (Wildman–Crippen LogP) is 2.48. The van der Waals surface area contributed by atoms with Crippen LogP contribution < -0.4 is 5.73 Å². The molecule has 1 aromatic heterocycles. The molecule has 0 atom stereocenters. The van der Waals surface area contributed by atoms with Crippen LogP contribution in [0.1, 0.15) is 10.6 Å². The van der Waals surface area contributed by atoms with Crippen LogP contribution >= 0.6 is 15.9 Å². The van der Waals surface area contributed by atoms with E-state index in [1.54, 1.807) is 12.1 Å². The molecule has 2 rings (SSSR count). The van der Waals surface area contributed by atoms with E-state index in [1.165, 1.54) is 6.07 Å². The zero-order chi connectivity index (χ0) is 10.3. The third kappa shape index (κ3) is 1.35. The van der Waals surface area contributed by atoms with E-state index in [0.717, 1.165) is 4.47 Å². The first kappa shape index (κ1) is 9.08. The fourth-order valence-corrected chi connectivity index (χ4v) is 1.74. The number of hydrogen-bond acceptors (Lipinski definition) is 3. The van der Waals surface area contributed by atoms with Crippen molar-refractivity contribution in [3.63, 3.8) is 0 Å². The molecule has 0 fully saturated rings. The van der Waals surface area contributed by atoms with Gasteiger partial charge >= 0.3 is 5.97 Å². The third-order valence-electron chi connectivity index (χ3n) is 1.82. The number of hydrogen-bond donors (Lipinski definition) is 2. The zero-order valence-electron chi connectivity index (χ0n) is 6.95. The highest BCUT2D eigenvalue weighted by Gasteiger charge is 2.12. The van der Waals surface area contributed by atoms with Crippen molar-refractivity contribution in [2.24, 2.45) is 0 Å². The van der Waals surface area contributed by atoms with Crippen LogP contribution in [-0.2, 0) is 0 Å². The molecule has 0 unspecified atom stereocenters. The Labute approximate surface area is 87.4 Å². The molecule has 0 spiro atoms. The van der Waals surface area contributed by atoms with Gasteiger partial charge in [-0.05, 0) is 18.2 Å². The summed E-state index contributed by atoms with van der Waals surface area (Å²) in [7, 11) is 0. The Morgan fingerprint density at radius 3 is 2.79 bits per heavy atom. The average molecular weight is 256 g/mol. The number of aromatic carboxylic acids is 1. The van der Waals surface area contributed by atoms with E-state index in [1.807, 2.05) is 0 Å². The smallest absolute Gasteiger partial charge is 0.371 e. The summed E-state index contributed by atoms with van der Waals surface area (Å²) in [6, 6.07) is 4.86. The number of carboxylic acids is 1. The van der Waals surface area contributed by atoms with Crippen LogP contribution in [0.2, 0.25) is 0 Å². The fraction of sp³-hybridized carbons (Fsp3) is 0. The Kier molecular flexibility index (Phi) is 1.96. The van der Waals surface area contributed by atoms with Gasteiger partial charge in [0.2, 0.25) is 5.76 Å². The average Bonchev–Trinajstić information content (AvgIpc) is 2.47. The predicted molar refractivity (Wildman–Crippen MR) is 55.3 cm³/mol. The summed E-state index contributed by atoms with van der Waals surface area (Å²) in [6.07, 6.45) is 0. The van der Waals surface area contributed by atoms with E-state index in [2.05, 4.69) is 15.9 Å². The highest BCUT2D eigenvalue weighted by molar-refractivity contribution is 9.10. The summed E-state index contributed by atoms with van der Waals surface area (Å²) in [5, 5.41) is 9.38. The van der Waals surface area contributed by atoms with Gasteiger partial charge in [0.05, 0.1) is 5.69 Å². The van der Waals surface area contributed by atoms with Gasteiger partial charge in [0.1, 0.15) is 0 Å². The molecule has 2 aromatic rings. The Balaban J connectivity index is 2.76. The molecule has 4 nitrogen and oxygen atoms in total. The Morgan fingerprint density at radius 1 is 1.43 bits per heavy atom. The monoisotopic (exact) mass is 255 g/mol. The zero-order valence-corrected chi connectivity index (χ0v) is 8.54. The van der Waals surface area contributed by atoms with Crippen LogP contribution in [0, 0.1) is 0 Å². The van der Waals surface area contributed by atoms with Gasteiger partial charge in [-0.2, -0.15) is 0 Å². The number of nitrogen functional groups attached to an aromatic ring is 1. The van der Waals surface area contributed by atoms with Crippen LogP contribution in [0.15, 0.2) is 27.1 Å². The molecule has 1 heterocycles. The molecule has 1 aromatic carbocycles. The molecule has 14 heavy (non-hydrogen) atoms. The number of carbonyl (C=O) groups is 1. The number of benzene rings is 1. The van der Waals surface area contributed by atoms with Crippen molar-refractivity contribution in [1.29, 1.82) is 0 Å². The van der Waals surface area contributed by atoms with Gasteiger partial charge < -0.3 is 15.3 Å². The van der Waals surface area contributed by atoms with Crippen molar-refractivity contribution in [3.05, 3.63) is 28.4 Å². The molecule has 0 aliphatic carbocycles. The third-order valence-corrected chi connectivity index (χ3v) is 2.28. The number of rotatable bonds is 1. The topological polar surface area (TPSA) is 76.5 Å². The van der Waals surface area contributed by atoms with Crippen molar-refractivity contribution in [3.8, 4) is 0 Å². The van der Waals surface area contributed by atoms with Gasteiger partial charge in [-0.1, -0.05) is 15.9 Å². The molecule has 0 aliphatic rings. The van der Waals surface area contributed by atoms with Crippen molar-refractivity contribution < 1.29 is 14.3 Å². The van der Waals surface area contributed by atoms with Crippen molar-refractivity contribution in [1.82, 2.24) is 0 Å². The first-order valence-corrected chi connectivity index (χ1v) is 4.59. The molecule has 0 bridgehead atoms. The minimum Gasteiger partial charge on any atom is -0.475 e. The number of nitrogens with two attached hydrogens (primary N) is 1. The first-order valence-electron chi connectivity index (χ1n) is 3.80. The summed E-state index contributed by atoms with van der Waals surface area (Å²) < 4.78 is 5.86. The molecule has 0 aliphatic heterocycles. The SMILES string of the molecule is Nc1cc(Br)cc2cc(C(=O)O)oc12. The quantitative estimate of drug-likeness (QED) is 0.768. The fourth-order valence-electron chi connectivity index (χ4n) is 1.25. The number of carboxylic acid groups (broad SMARTS) is 1. The number of halogens is 1. The standard InChI is InChI=1S/C9H6BrNO3/c10-5-1-4-2-7(9(12)13)14-8(4)6(11)3-5/h1-3H,11H2,(H,12,13). The summed E-state index contributed by atoms with van der Waals surface area (Å²) in [4.78, 5) is 10.6. The van der Waals surface area contributed by atoms with Crippen molar-refractivity contribution in [2.75, 3.05) is 5.73 Å². The van der Waals surface area contributed by atoms with Gasteiger partial charge in [-0.15, -0.1) is 0 Å². The second-order valence-electron chi connectivity index (χ2n) is 2.83. The van der Waals surface area contributed by atoms with E-state index in [0.29, 0.717) is 16.7 Å². The number of furan rings is 1. The van der Waals surface area contributed by atoms with Crippen LogP contribution in [0.4, 0.5) is 5.69 Å². The second kappa shape index (κ2) is 3.02. The summed E-state index contributed by atoms with van der Waals surface area (Å²) in [6.45, 7) is 0. The van der Waals surface area contributed by atoms with Crippen LogP contribution in [-0.4, -0.2) is 11.1 Å². The lowest BCUT2D eigenvalue weighted by molar-refractivity contribution is 0.0665. The van der Waals surface area contributed by atoms with E-state index in [9.17, 15) is 4.79 Å². The van der Waals surface area contributed by atoms with Gasteiger partial charge in [-0.25, -0.2) is 4.79 Å². The molecular formula is C9H6BrNO3. The summed E-state index contributed by atoms with van der Waals surface area (Å²) >= 11 is 3.26. The first-order chi connectivity index (χ1) is 6.58. The Morgan fingerprint density at radius 2 is 2.14 bits per heavy atom. The van der Waals surface area contributed by atoms with Crippen LogP contribution in [0.5, 0.6) is 0 Å². The van der Waals surface area contributed by atoms with Crippen molar-refractivity contribution in [2.45, 2.75) is 0 Å². The van der Waals surface area contributed by atoms with E-state index < -0.39 is 5.97 Å². The summed E-state index contributed by atoms with van der Waals surface area (Å²) in [5.41, 5.74) is 6.48. The highest BCUT2D eigenvalue weighted by Crippen LogP contribution is 2.28. The molecule has 5 heteroatoms. The molecule has 72 valence electrons. The normalized spacial score (nSPS) is 10.6. The number of fused-ring (bicyclic) bond motifs is 1. The maximum Gasteiger partial charge on any atom is 0.371 e. The maximum atomic E-state index is 10.6. The minimum atomic E-state index is -1.10. The highest BCUT2D eigenvalue weighted by atomic mass is 79.9.